The van der Waals surface area contributed by atoms with Gasteiger partial charge in [-0.1, -0.05) is 18.2 Å². The van der Waals surface area contributed by atoms with Crippen molar-refractivity contribution in [1.82, 2.24) is 14.5 Å². The first-order valence-corrected chi connectivity index (χ1v) is 11.2. The van der Waals surface area contributed by atoms with Gasteiger partial charge < -0.3 is 4.90 Å². The zero-order chi connectivity index (χ0) is 19.0. The third-order valence-corrected chi connectivity index (χ3v) is 7.52. The summed E-state index contributed by atoms with van der Waals surface area (Å²) in [4.78, 5) is 19.0. The Bertz CT molecular complexity index is 944. The van der Waals surface area contributed by atoms with Crippen LogP contribution in [0.5, 0.6) is 0 Å². The van der Waals surface area contributed by atoms with Gasteiger partial charge in [0.15, 0.2) is 0 Å². The number of fused-ring (bicyclic) bond motifs is 1. The van der Waals surface area contributed by atoms with E-state index in [0.29, 0.717) is 13.1 Å². The number of hydrogen-bond acceptors (Lipinski definition) is 4. The number of likely N-dealkylation sites (tertiary alicyclic amines) is 1. The quantitative estimate of drug-likeness (QED) is 0.808. The van der Waals surface area contributed by atoms with Crippen LogP contribution in [0.3, 0.4) is 0 Å². The van der Waals surface area contributed by atoms with E-state index >= 15 is 0 Å². The average molecular weight is 388 g/mol. The molecule has 1 amide bonds. The van der Waals surface area contributed by atoms with Gasteiger partial charge in [0, 0.05) is 24.5 Å². The van der Waals surface area contributed by atoms with Gasteiger partial charge in [-0.2, -0.15) is 0 Å². The maximum absolute atomic E-state index is 13.4. The zero-order valence-corrected chi connectivity index (χ0v) is 16.4. The van der Waals surface area contributed by atoms with Crippen molar-refractivity contribution in [2.24, 2.45) is 0 Å². The minimum Gasteiger partial charge on any atom is -0.342 e. The summed E-state index contributed by atoms with van der Waals surface area (Å²) in [6, 6.07) is 9.46. The van der Waals surface area contributed by atoms with Crippen LogP contribution in [0, 0.1) is 0 Å². The third-order valence-electron chi connectivity index (χ3n) is 5.60. The summed E-state index contributed by atoms with van der Waals surface area (Å²) in [5.41, 5.74) is 2.60. The van der Waals surface area contributed by atoms with Crippen molar-refractivity contribution in [3.8, 4) is 5.69 Å². The van der Waals surface area contributed by atoms with E-state index in [2.05, 4.69) is 4.98 Å². The monoisotopic (exact) mass is 387 g/mol. The topological polar surface area (TPSA) is 72.3 Å². The maximum atomic E-state index is 13.4. The van der Waals surface area contributed by atoms with E-state index in [1.165, 1.54) is 6.92 Å². The van der Waals surface area contributed by atoms with E-state index in [1.54, 1.807) is 9.47 Å². The molecule has 1 aromatic carbocycles. The van der Waals surface area contributed by atoms with E-state index in [9.17, 15) is 13.2 Å². The molecular weight excluding hydrogens is 362 g/mol. The largest absolute Gasteiger partial charge is 0.342 e. The molecule has 2 aliphatic rings. The second-order valence-electron chi connectivity index (χ2n) is 7.39. The molecule has 1 aromatic heterocycles. The fraction of sp³-hybridized carbons (Fsp3) is 0.500. The molecular formula is C20H25N3O3S. The molecule has 1 saturated heterocycles. The molecule has 27 heavy (non-hydrogen) atoms. The Hall–Kier alpha value is -2.15. The highest BCUT2D eigenvalue weighted by Crippen LogP contribution is 2.30. The van der Waals surface area contributed by atoms with Gasteiger partial charge in [-0.3, -0.25) is 9.36 Å². The first-order chi connectivity index (χ1) is 13.0. The van der Waals surface area contributed by atoms with Crippen LogP contribution < -0.4 is 0 Å². The number of rotatable bonds is 4. The van der Waals surface area contributed by atoms with Crippen LogP contribution in [0.25, 0.3) is 5.69 Å². The summed E-state index contributed by atoms with van der Waals surface area (Å²) in [5.74, 6) is -0.312. The molecule has 1 atom stereocenters. The molecule has 0 N–H and O–H groups in total. The van der Waals surface area contributed by atoms with Crippen molar-refractivity contribution in [3.05, 3.63) is 41.7 Å². The number of amides is 1. The number of carbonyl (C=O) groups is 1. The molecule has 0 radical (unpaired) electrons. The fourth-order valence-corrected chi connectivity index (χ4v) is 5.47. The smallest absolute Gasteiger partial charge is 0.241 e. The number of imidazole rings is 1. The molecule has 1 fully saturated rings. The molecule has 2 heterocycles. The van der Waals surface area contributed by atoms with Gasteiger partial charge in [0.2, 0.25) is 20.9 Å². The first-order valence-electron chi connectivity index (χ1n) is 9.69. The SMILES string of the molecule is CC(C(=O)N1CCCC1)S(=O)(=O)c1nc2c(n1-c1ccccc1)CCCC2. The Labute approximate surface area is 160 Å². The van der Waals surface area contributed by atoms with E-state index in [0.717, 1.165) is 55.6 Å². The summed E-state index contributed by atoms with van der Waals surface area (Å²) in [6.45, 7) is 2.78. The molecule has 1 aliphatic carbocycles. The Morgan fingerprint density at radius 2 is 1.70 bits per heavy atom. The second-order valence-corrected chi connectivity index (χ2v) is 9.55. The lowest BCUT2D eigenvalue weighted by atomic mass is 10.0. The number of aryl methyl sites for hydroxylation is 1. The van der Waals surface area contributed by atoms with Gasteiger partial charge in [-0.05, 0) is 57.6 Å². The van der Waals surface area contributed by atoms with Crippen LogP contribution in [-0.2, 0) is 27.5 Å². The van der Waals surface area contributed by atoms with E-state index in [1.807, 2.05) is 30.3 Å². The molecule has 0 bridgehead atoms. The van der Waals surface area contributed by atoms with Crippen molar-refractivity contribution in [3.63, 3.8) is 0 Å². The number of sulfone groups is 1. The summed E-state index contributed by atoms with van der Waals surface area (Å²) < 4.78 is 28.6. The first kappa shape index (κ1) is 18.2. The Morgan fingerprint density at radius 3 is 2.41 bits per heavy atom. The standard InChI is InChI=1S/C20H25N3O3S/c1-15(19(24)22-13-7-8-14-22)27(25,26)20-21-17-11-5-6-12-18(17)23(20)16-9-3-2-4-10-16/h2-4,9-10,15H,5-8,11-14H2,1H3. The number of nitrogens with zero attached hydrogens (tertiary/aromatic N) is 3. The molecule has 144 valence electrons. The average Bonchev–Trinajstić information content (AvgIpc) is 3.35. The van der Waals surface area contributed by atoms with Gasteiger partial charge >= 0.3 is 0 Å². The molecule has 0 spiro atoms. The fourth-order valence-electron chi connectivity index (χ4n) is 4.04. The van der Waals surface area contributed by atoms with Crippen molar-refractivity contribution < 1.29 is 13.2 Å². The highest BCUT2D eigenvalue weighted by Gasteiger charge is 2.38. The van der Waals surface area contributed by atoms with Crippen molar-refractivity contribution >= 4 is 15.7 Å². The summed E-state index contributed by atoms with van der Waals surface area (Å²) in [7, 11) is -3.89. The van der Waals surface area contributed by atoms with Crippen LogP contribution in [0.2, 0.25) is 0 Å². The van der Waals surface area contributed by atoms with Crippen LogP contribution in [0.4, 0.5) is 0 Å². The minimum atomic E-state index is -3.89. The van der Waals surface area contributed by atoms with Crippen molar-refractivity contribution in [2.75, 3.05) is 13.1 Å². The maximum Gasteiger partial charge on any atom is 0.241 e. The predicted molar refractivity (Wildman–Crippen MR) is 103 cm³/mol. The van der Waals surface area contributed by atoms with Crippen LogP contribution in [0.1, 0.15) is 44.0 Å². The molecule has 7 heteroatoms. The second kappa shape index (κ2) is 7.11. The highest BCUT2D eigenvalue weighted by molar-refractivity contribution is 7.92. The Kier molecular flexibility index (Phi) is 4.80. The molecule has 0 saturated carbocycles. The number of para-hydroxylation sites is 1. The van der Waals surface area contributed by atoms with Crippen molar-refractivity contribution in [1.29, 1.82) is 0 Å². The van der Waals surface area contributed by atoms with Crippen LogP contribution in [-0.4, -0.2) is 47.1 Å². The lowest BCUT2D eigenvalue weighted by Gasteiger charge is -2.21. The van der Waals surface area contributed by atoms with Crippen LogP contribution >= 0.6 is 0 Å². The lowest BCUT2D eigenvalue weighted by molar-refractivity contribution is -0.129. The molecule has 6 nitrogen and oxygen atoms in total. The summed E-state index contributed by atoms with van der Waals surface area (Å²) in [6.07, 6.45) is 5.50. The Balaban J connectivity index is 1.80. The summed E-state index contributed by atoms with van der Waals surface area (Å²) in [5, 5.41) is -1.11. The molecule has 4 rings (SSSR count). The predicted octanol–water partition coefficient (Wildman–Crippen LogP) is 2.54. The number of hydrogen-bond donors (Lipinski definition) is 0. The Morgan fingerprint density at radius 1 is 1.04 bits per heavy atom. The molecule has 1 unspecified atom stereocenters. The number of benzene rings is 1. The summed E-state index contributed by atoms with van der Waals surface area (Å²) >= 11 is 0. The zero-order valence-electron chi connectivity index (χ0n) is 15.6. The van der Waals surface area contributed by atoms with E-state index in [4.69, 9.17) is 0 Å². The number of carbonyl (C=O) groups excluding carboxylic acids is 1. The van der Waals surface area contributed by atoms with E-state index in [-0.39, 0.29) is 11.1 Å². The van der Waals surface area contributed by atoms with Crippen molar-refractivity contribution in [2.45, 2.75) is 55.9 Å². The minimum absolute atomic E-state index is 0.0145. The third kappa shape index (κ3) is 3.18. The van der Waals surface area contributed by atoms with Gasteiger partial charge in [0.1, 0.15) is 5.25 Å². The lowest BCUT2D eigenvalue weighted by Crippen LogP contribution is -2.40. The number of aromatic nitrogens is 2. The van der Waals surface area contributed by atoms with E-state index < -0.39 is 15.1 Å². The highest BCUT2D eigenvalue weighted by atomic mass is 32.2. The normalized spacial score (nSPS) is 18.3. The van der Waals surface area contributed by atoms with Gasteiger partial charge in [-0.15, -0.1) is 0 Å². The van der Waals surface area contributed by atoms with Gasteiger partial charge in [0.25, 0.3) is 0 Å². The molecule has 1 aliphatic heterocycles. The van der Waals surface area contributed by atoms with Gasteiger partial charge in [-0.25, -0.2) is 13.4 Å². The van der Waals surface area contributed by atoms with Gasteiger partial charge in [0.05, 0.1) is 5.69 Å². The van der Waals surface area contributed by atoms with Crippen LogP contribution in [0.15, 0.2) is 35.5 Å². The molecule has 2 aromatic rings.